The van der Waals surface area contributed by atoms with Crippen LogP contribution in [0.1, 0.15) is 10.4 Å². The number of phenolic OH excluding ortho intramolecular Hbond substituents is 1. The van der Waals surface area contributed by atoms with E-state index in [0.29, 0.717) is 24.3 Å². The van der Waals surface area contributed by atoms with Crippen LogP contribution in [0.2, 0.25) is 0 Å². The number of phenols is 1. The highest BCUT2D eigenvalue weighted by Gasteiger charge is 2.22. The van der Waals surface area contributed by atoms with E-state index < -0.39 is 0 Å². The number of carbonyl (C=O) groups is 1. The molecule has 0 spiro atoms. The number of hydrogen-bond acceptors (Lipinski definition) is 4. The van der Waals surface area contributed by atoms with Crippen LogP contribution < -0.4 is 10.6 Å². The third-order valence-electron chi connectivity index (χ3n) is 3.94. The summed E-state index contributed by atoms with van der Waals surface area (Å²) in [6, 6.07) is 14.2. The highest BCUT2D eigenvalue weighted by atomic mass is 16.3. The quantitative estimate of drug-likeness (QED) is 0.831. The minimum Gasteiger partial charge on any atom is -0.508 e. The number of nitrogen functional groups attached to an aromatic ring is 1. The molecule has 2 aromatic carbocycles. The van der Waals surface area contributed by atoms with Crippen LogP contribution in [0.25, 0.3) is 0 Å². The molecule has 3 rings (SSSR count). The van der Waals surface area contributed by atoms with Gasteiger partial charge in [0.1, 0.15) is 5.75 Å². The molecule has 1 saturated heterocycles. The van der Waals surface area contributed by atoms with E-state index >= 15 is 0 Å². The second-order valence-corrected chi connectivity index (χ2v) is 5.42. The van der Waals surface area contributed by atoms with Crippen molar-refractivity contribution in [1.82, 2.24) is 4.90 Å². The molecule has 5 nitrogen and oxygen atoms in total. The van der Waals surface area contributed by atoms with Gasteiger partial charge in [-0.1, -0.05) is 0 Å². The van der Waals surface area contributed by atoms with E-state index in [1.54, 1.807) is 36.4 Å². The molecule has 2 aromatic rings. The maximum Gasteiger partial charge on any atom is 0.253 e. The van der Waals surface area contributed by atoms with E-state index in [1.165, 1.54) is 0 Å². The molecule has 0 unspecified atom stereocenters. The highest BCUT2D eigenvalue weighted by molar-refractivity contribution is 5.94. The van der Waals surface area contributed by atoms with E-state index in [2.05, 4.69) is 4.90 Å². The fourth-order valence-electron chi connectivity index (χ4n) is 2.64. The maximum atomic E-state index is 12.4. The molecule has 22 heavy (non-hydrogen) atoms. The Kier molecular flexibility index (Phi) is 3.87. The average molecular weight is 297 g/mol. The van der Waals surface area contributed by atoms with Crippen molar-refractivity contribution in [1.29, 1.82) is 0 Å². The van der Waals surface area contributed by atoms with Crippen molar-refractivity contribution >= 4 is 17.3 Å². The lowest BCUT2D eigenvalue weighted by Gasteiger charge is -2.36. The number of anilines is 2. The summed E-state index contributed by atoms with van der Waals surface area (Å²) in [5.74, 6) is 0.311. The number of rotatable bonds is 2. The molecule has 1 amide bonds. The van der Waals surface area contributed by atoms with Gasteiger partial charge in [0.15, 0.2) is 0 Å². The van der Waals surface area contributed by atoms with Gasteiger partial charge in [-0.15, -0.1) is 0 Å². The van der Waals surface area contributed by atoms with Crippen molar-refractivity contribution in [3.8, 4) is 5.75 Å². The first kappa shape index (κ1) is 14.3. The molecule has 1 heterocycles. The minimum atomic E-state index is 0.0466. The second-order valence-electron chi connectivity index (χ2n) is 5.42. The standard InChI is InChI=1S/C17H19N3O2/c18-14-3-1-13(2-4-14)17(22)20-11-9-19(10-12-20)15-5-7-16(21)8-6-15/h1-8,21H,9-12,18H2. The number of piperazine rings is 1. The highest BCUT2D eigenvalue weighted by Crippen LogP contribution is 2.20. The van der Waals surface area contributed by atoms with Crippen molar-refractivity contribution in [2.45, 2.75) is 0 Å². The molecule has 0 atom stereocenters. The minimum absolute atomic E-state index is 0.0466. The number of amides is 1. The molecule has 1 fully saturated rings. The number of hydrogen-bond donors (Lipinski definition) is 2. The summed E-state index contributed by atoms with van der Waals surface area (Å²) in [5.41, 5.74) is 8.05. The van der Waals surface area contributed by atoms with E-state index in [9.17, 15) is 9.90 Å². The lowest BCUT2D eigenvalue weighted by Crippen LogP contribution is -2.48. The largest absolute Gasteiger partial charge is 0.508 e. The Balaban J connectivity index is 1.62. The van der Waals surface area contributed by atoms with Gasteiger partial charge in [0, 0.05) is 43.1 Å². The molecule has 0 radical (unpaired) electrons. The van der Waals surface area contributed by atoms with Crippen LogP contribution in [0.3, 0.4) is 0 Å². The first-order valence-corrected chi connectivity index (χ1v) is 7.32. The lowest BCUT2D eigenvalue weighted by atomic mass is 10.1. The Hall–Kier alpha value is -2.69. The van der Waals surface area contributed by atoms with Crippen LogP contribution in [-0.4, -0.2) is 42.1 Å². The van der Waals surface area contributed by atoms with Gasteiger partial charge in [0.25, 0.3) is 5.91 Å². The first-order chi connectivity index (χ1) is 10.6. The van der Waals surface area contributed by atoms with Gasteiger partial charge in [0.05, 0.1) is 0 Å². The zero-order chi connectivity index (χ0) is 15.5. The van der Waals surface area contributed by atoms with Gasteiger partial charge in [-0.2, -0.15) is 0 Å². The normalized spacial score (nSPS) is 14.9. The molecule has 0 saturated carbocycles. The fraction of sp³-hybridized carbons (Fsp3) is 0.235. The number of nitrogens with two attached hydrogens (primary N) is 1. The molecule has 0 aromatic heterocycles. The predicted octanol–water partition coefficient (Wildman–Crippen LogP) is 1.94. The van der Waals surface area contributed by atoms with Gasteiger partial charge < -0.3 is 20.6 Å². The number of benzene rings is 2. The molecule has 5 heteroatoms. The summed E-state index contributed by atoms with van der Waals surface area (Å²) in [5, 5.41) is 9.34. The van der Waals surface area contributed by atoms with Gasteiger partial charge in [-0.25, -0.2) is 0 Å². The Morgan fingerprint density at radius 3 is 2.09 bits per heavy atom. The topological polar surface area (TPSA) is 69.8 Å². The summed E-state index contributed by atoms with van der Waals surface area (Å²) in [7, 11) is 0. The molecule has 3 N–H and O–H groups in total. The Bertz CT molecular complexity index is 645. The zero-order valence-corrected chi connectivity index (χ0v) is 12.3. The Labute approximate surface area is 129 Å². The number of nitrogens with zero attached hydrogens (tertiary/aromatic N) is 2. The molecule has 1 aliphatic heterocycles. The van der Waals surface area contributed by atoms with Crippen molar-refractivity contribution in [3.05, 3.63) is 54.1 Å². The van der Waals surface area contributed by atoms with Gasteiger partial charge in [-0.05, 0) is 48.5 Å². The number of carbonyl (C=O) groups excluding carboxylic acids is 1. The molecule has 114 valence electrons. The third kappa shape index (κ3) is 2.98. The maximum absolute atomic E-state index is 12.4. The van der Waals surface area contributed by atoms with Crippen LogP contribution in [0.5, 0.6) is 5.75 Å². The summed E-state index contributed by atoms with van der Waals surface area (Å²) < 4.78 is 0. The Morgan fingerprint density at radius 1 is 0.909 bits per heavy atom. The van der Waals surface area contributed by atoms with Crippen LogP contribution in [0, 0.1) is 0 Å². The zero-order valence-electron chi connectivity index (χ0n) is 12.3. The summed E-state index contributed by atoms with van der Waals surface area (Å²) in [6.07, 6.45) is 0. The van der Waals surface area contributed by atoms with E-state index in [-0.39, 0.29) is 11.7 Å². The molecular formula is C17H19N3O2. The SMILES string of the molecule is Nc1ccc(C(=O)N2CCN(c3ccc(O)cc3)CC2)cc1. The van der Waals surface area contributed by atoms with Gasteiger partial charge in [0.2, 0.25) is 0 Å². The van der Waals surface area contributed by atoms with Gasteiger partial charge >= 0.3 is 0 Å². The summed E-state index contributed by atoms with van der Waals surface area (Å²) >= 11 is 0. The van der Waals surface area contributed by atoms with Crippen molar-refractivity contribution in [2.24, 2.45) is 0 Å². The first-order valence-electron chi connectivity index (χ1n) is 7.32. The van der Waals surface area contributed by atoms with Crippen LogP contribution >= 0.6 is 0 Å². The molecular weight excluding hydrogens is 278 g/mol. The third-order valence-corrected chi connectivity index (χ3v) is 3.94. The van der Waals surface area contributed by atoms with E-state index in [4.69, 9.17) is 5.73 Å². The van der Waals surface area contributed by atoms with Crippen LogP contribution in [-0.2, 0) is 0 Å². The smallest absolute Gasteiger partial charge is 0.253 e. The van der Waals surface area contributed by atoms with Crippen LogP contribution in [0.4, 0.5) is 11.4 Å². The molecule has 0 bridgehead atoms. The average Bonchev–Trinajstić information content (AvgIpc) is 2.56. The fourth-order valence-corrected chi connectivity index (χ4v) is 2.64. The summed E-state index contributed by atoms with van der Waals surface area (Å²) in [6.45, 7) is 2.94. The second kappa shape index (κ2) is 5.97. The lowest BCUT2D eigenvalue weighted by molar-refractivity contribution is 0.0747. The summed E-state index contributed by atoms with van der Waals surface area (Å²) in [4.78, 5) is 16.5. The molecule has 0 aliphatic carbocycles. The Morgan fingerprint density at radius 2 is 1.50 bits per heavy atom. The number of aromatic hydroxyl groups is 1. The van der Waals surface area contributed by atoms with Gasteiger partial charge in [-0.3, -0.25) is 4.79 Å². The monoisotopic (exact) mass is 297 g/mol. The van der Waals surface area contributed by atoms with Crippen molar-refractivity contribution in [2.75, 3.05) is 36.8 Å². The van der Waals surface area contributed by atoms with E-state index in [0.717, 1.165) is 18.8 Å². The molecule has 1 aliphatic rings. The predicted molar refractivity (Wildman–Crippen MR) is 87.1 cm³/mol. The van der Waals surface area contributed by atoms with Crippen molar-refractivity contribution < 1.29 is 9.90 Å². The van der Waals surface area contributed by atoms with Crippen molar-refractivity contribution in [3.63, 3.8) is 0 Å². The van der Waals surface area contributed by atoms with E-state index in [1.807, 2.05) is 17.0 Å². The van der Waals surface area contributed by atoms with Crippen LogP contribution in [0.15, 0.2) is 48.5 Å².